The molecule has 4 nitrogen and oxygen atoms in total. The third-order valence-electron chi connectivity index (χ3n) is 1.61. The van der Waals surface area contributed by atoms with Crippen LogP contribution in [0.5, 0.6) is 0 Å². The molecule has 13 heavy (non-hydrogen) atoms. The van der Waals surface area contributed by atoms with Crippen molar-refractivity contribution in [3.8, 4) is 0 Å². The molecule has 0 saturated carbocycles. The van der Waals surface area contributed by atoms with Gasteiger partial charge in [-0.15, -0.1) is 0 Å². The van der Waals surface area contributed by atoms with E-state index in [0.717, 1.165) is 0 Å². The lowest BCUT2D eigenvalue weighted by Crippen LogP contribution is -2.13. The highest BCUT2D eigenvalue weighted by atomic mass is 32.2. The summed E-state index contributed by atoms with van der Waals surface area (Å²) in [5.41, 5.74) is 0. The molecule has 0 aromatic carbocycles. The maximum Gasteiger partial charge on any atom is 0.150 e. The normalized spacial score (nSPS) is 11.8. The summed E-state index contributed by atoms with van der Waals surface area (Å²) >= 11 is 0. The average molecular weight is 210 g/mol. The first kappa shape index (κ1) is 12.9. The summed E-state index contributed by atoms with van der Waals surface area (Å²) in [6.45, 7) is 1.01. The van der Waals surface area contributed by atoms with Crippen LogP contribution in [0, 0.1) is 0 Å². The second kappa shape index (κ2) is 7.29. The molecule has 0 aromatic rings. The summed E-state index contributed by atoms with van der Waals surface area (Å²) in [6.07, 6.45) is 1.15. The van der Waals surface area contributed by atoms with Gasteiger partial charge in [-0.05, 0) is 12.8 Å². The lowest BCUT2D eigenvalue weighted by Gasteiger charge is -2.03. The molecule has 0 heterocycles. The molecule has 0 rings (SSSR count). The first-order valence-corrected chi connectivity index (χ1v) is 6.13. The molecule has 0 radical (unpaired) electrons. The summed E-state index contributed by atoms with van der Waals surface area (Å²) in [5.74, 6) is 0.426. The molecule has 0 aliphatic rings. The van der Waals surface area contributed by atoms with Crippen LogP contribution in [-0.4, -0.2) is 47.4 Å². The van der Waals surface area contributed by atoms with E-state index in [0.29, 0.717) is 26.1 Å². The molecule has 0 atom stereocenters. The van der Waals surface area contributed by atoms with Crippen molar-refractivity contribution >= 4 is 9.84 Å². The van der Waals surface area contributed by atoms with Crippen molar-refractivity contribution < 1.29 is 17.9 Å². The molecule has 0 amide bonds. The van der Waals surface area contributed by atoms with Gasteiger partial charge >= 0.3 is 0 Å². The molecule has 0 aliphatic carbocycles. The standard InChI is InChI=1S/C8H18O4S/c1-11-5-3-7-13(9,10)8-4-6-12-2/h3-8H2,1-2H3. The topological polar surface area (TPSA) is 52.6 Å². The van der Waals surface area contributed by atoms with E-state index in [-0.39, 0.29) is 11.5 Å². The minimum atomic E-state index is -2.89. The monoisotopic (exact) mass is 210 g/mol. The highest BCUT2D eigenvalue weighted by Gasteiger charge is 2.09. The zero-order valence-corrected chi connectivity index (χ0v) is 9.10. The molecule has 0 bridgehead atoms. The largest absolute Gasteiger partial charge is 0.385 e. The fourth-order valence-electron chi connectivity index (χ4n) is 0.948. The van der Waals surface area contributed by atoms with Gasteiger partial charge in [0, 0.05) is 27.4 Å². The predicted octanol–water partition coefficient (Wildman–Crippen LogP) is 0.474. The number of rotatable bonds is 8. The van der Waals surface area contributed by atoms with Crippen LogP contribution in [0.15, 0.2) is 0 Å². The Bertz CT molecular complexity index is 182. The lowest BCUT2D eigenvalue weighted by molar-refractivity contribution is 0.198. The highest BCUT2D eigenvalue weighted by Crippen LogP contribution is 1.97. The predicted molar refractivity (Wildman–Crippen MR) is 51.6 cm³/mol. The van der Waals surface area contributed by atoms with Crippen LogP contribution in [0.3, 0.4) is 0 Å². The van der Waals surface area contributed by atoms with Gasteiger partial charge in [0.15, 0.2) is 0 Å². The van der Waals surface area contributed by atoms with Crippen LogP contribution in [0.4, 0.5) is 0 Å². The van der Waals surface area contributed by atoms with Gasteiger partial charge in [-0.25, -0.2) is 8.42 Å². The van der Waals surface area contributed by atoms with Crippen molar-refractivity contribution in [3.05, 3.63) is 0 Å². The quantitative estimate of drug-likeness (QED) is 0.547. The Kier molecular flexibility index (Phi) is 7.22. The van der Waals surface area contributed by atoms with Crippen molar-refractivity contribution in [3.63, 3.8) is 0 Å². The highest BCUT2D eigenvalue weighted by molar-refractivity contribution is 7.91. The molecular formula is C8H18O4S. The van der Waals surface area contributed by atoms with E-state index in [1.54, 1.807) is 14.2 Å². The van der Waals surface area contributed by atoms with E-state index in [4.69, 9.17) is 9.47 Å². The van der Waals surface area contributed by atoms with E-state index >= 15 is 0 Å². The van der Waals surface area contributed by atoms with Gasteiger partial charge in [0.05, 0.1) is 11.5 Å². The molecule has 0 N–H and O–H groups in total. The van der Waals surface area contributed by atoms with Crippen LogP contribution < -0.4 is 0 Å². The molecule has 0 aliphatic heterocycles. The number of hydrogen-bond acceptors (Lipinski definition) is 4. The van der Waals surface area contributed by atoms with E-state index in [2.05, 4.69) is 0 Å². The van der Waals surface area contributed by atoms with Crippen molar-refractivity contribution in [2.45, 2.75) is 12.8 Å². The Labute approximate surface area is 80.1 Å². The molecule has 0 unspecified atom stereocenters. The van der Waals surface area contributed by atoms with Crippen LogP contribution in [-0.2, 0) is 19.3 Å². The Morgan fingerprint density at radius 2 is 1.31 bits per heavy atom. The van der Waals surface area contributed by atoms with Crippen molar-refractivity contribution in [1.82, 2.24) is 0 Å². The zero-order valence-electron chi connectivity index (χ0n) is 8.28. The van der Waals surface area contributed by atoms with Gasteiger partial charge in [0.25, 0.3) is 0 Å². The number of hydrogen-bond donors (Lipinski definition) is 0. The van der Waals surface area contributed by atoms with E-state index < -0.39 is 9.84 Å². The van der Waals surface area contributed by atoms with Gasteiger partial charge in [-0.3, -0.25) is 0 Å². The third kappa shape index (κ3) is 8.21. The Morgan fingerprint density at radius 1 is 0.923 bits per heavy atom. The lowest BCUT2D eigenvalue weighted by atomic mass is 10.5. The molecule has 0 spiro atoms. The van der Waals surface area contributed by atoms with Gasteiger partial charge in [0.2, 0.25) is 0 Å². The SMILES string of the molecule is COCCCS(=O)(=O)CCCOC. The summed E-state index contributed by atoms with van der Waals surface area (Å²) in [4.78, 5) is 0. The Morgan fingerprint density at radius 3 is 1.62 bits per heavy atom. The van der Waals surface area contributed by atoms with Crippen LogP contribution in [0.2, 0.25) is 0 Å². The molecular weight excluding hydrogens is 192 g/mol. The summed E-state index contributed by atoms with van der Waals surface area (Å²) in [7, 11) is 0.248. The minimum absolute atomic E-state index is 0.213. The first-order chi connectivity index (χ1) is 6.12. The third-order valence-corrected chi connectivity index (χ3v) is 3.43. The molecule has 0 fully saturated rings. The number of methoxy groups -OCH3 is 2. The zero-order chi connectivity index (χ0) is 10.2. The molecule has 0 aromatic heterocycles. The van der Waals surface area contributed by atoms with Gasteiger partial charge in [0.1, 0.15) is 9.84 Å². The van der Waals surface area contributed by atoms with Crippen molar-refractivity contribution in [1.29, 1.82) is 0 Å². The molecule has 80 valence electrons. The van der Waals surface area contributed by atoms with Crippen LogP contribution >= 0.6 is 0 Å². The molecule has 0 saturated heterocycles. The first-order valence-electron chi connectivity index (χ1n) is 4.30. The van der Waals surface area contributed by atoms with Crippen LogP contribution in [0.25, 0.3) is 0 Å². The fourth-order valence-corrected chi connectivity index (χ4v) is 2.27. The maximum absolute atomic E-state index is 11.3. The van der Waals surface area contributed by atoms with Gasteiger partial charge < -0.3 is 9.47 Å². The number of ether oxygens (including phenoxy) is 2. The second-order valence-electron chi connectivity index (χ2n) is 2.84. The van der Waals surface area contributed by atoms with Crippen LogP contribution in [0.1, 0.15) is 12.8 Å². The van der Waals surface area contributed by atoms with Gasteiger partial charge in [-0.2, -0.15) is 0 Å². The fraction of sp³-hybridized carbons (Fsp3) is 1.00. The summed E-state index contributed by atoms with van der Waals surface area (Å²) in [5, 5.41) is 0. The number of sulfone groups is 1. The van der Waals surface area contributed by atoms with E-state index in [9.17, 15) is 8.42 Å². The van der Waals surface area contributed by atoms with Crippen molar-refractivity contribution in [2.75, 3.05) is 38.9 Å². The van der Waals surface area contributed by atoms with E-state index in [1.807, 2.05) is 0 Å². The Balaban J connectivity index is 3.55. The van der Waals surface area contributed by atoms with Gasteiger partial charge in [-0.1, -0.05) is 0 Å². The second-order valence-corrected chi connectivity index (χ2v) is 5.15. The smallest absolute Gasteiger partial charge is 0.150 e. The van der Waals surface area contributed by atoms with Crippen molar-refractivity contribution in [2.24, 2.45) is 0 Å². The van der Waals surface area contributed by atoms with E-state index in [1.165, 1.54) is 0 Å². The summed E-state index contributed by atoms with van der Waals surface area (Å²) in [6, 6.07) is 0. The maximum atomic E-state index is 11.3. The molecule has 5 heteroatoms. The average Bonchev–Trinajstić information content (AvgIpc) is 2.05. The Hall–Kier alpha value is -0.130. The summed E-state index contributed by atoms with van der Waals surface area (Å²) < 4.78 is 32.1. The minimum Gasteiger partial charge on any atom is -0.385 e.